The van der Waals surface area contributed by atoms with Gasteiger partial charge in [0.15, 0.2) is 0 Å². The van der Waals surface area contributed by atoms with Crippen LogP contribution in [0.1, 0.15) is 0 Å². The third kappa shape index (κ3) is 3.71. The van der Waals surface area contributed by atoms with E-state index in [4.69, 9.17) is 8.83 Å². The molecule has 0 spiro atoms. The highest BCUT2D eigenvalue weighted by Crippen LogP contribution is 2.43. The molecule has 8 aromatic carbocycles. The molecule has 0 aliphatic carbocycles. The van der Waals surface area contributed by atoms with Gasteiger partial charge in [-0.05, 0) is 80.6 Å². The zero-order valence-corrected chi connectivity index (χ0v) is 24.8. The molecule has 0 saturated carbocycles. The lowest BCUT2D eigenvalue weighted by molar-refractivity contribution is 0.672. The van der Waals surface area contributed by atoms with Gasteiger partial charge in [0.25, 0.3) is 0 Å². The van der Waals surface area contributed by atoms with Gasteiger partial charge in [-0.1, -0.05) is 121 Å². The molecule has 10 aromatic rings. The van der Waals surface area contributed by atoms with Crippen LogP contribution in [0, 0.1) is 0 Å². The Morgan fingerprint density at radius 1 is 0.261 bits per heavy atom. The Bertz CT molecular complexity index is 2590. The molecule has 2 heteroatoms. The minimum absolute atomic E-state index is 0.881. The van der Waals surface area contributed by atoms with Gasteiger partial charge in [-0.3, -0.25) is 0 Å². The Kier molecular flexibility index (Phi) is 5.31. The third-order valence-corrected chi connectivity index (χ3v) is 9.46. The fraction of sp³-hybridized carbons (Fsp3) is 0. The fourth-order valence-corrected chi connectivity index (χ4v) is 7.27. The monoisotopic (exact) mass is 586 g/mol. The first-order valence-electron chi connectivity index (χ1n) is 15.7. The van der Waals surface area contributed by atoms with Crippen molar-refractivity contribution < 1.29 is 8.83 Å². The van der Waals surface area contributed by atoms with Gasteiger partial charge in [-0.15, -0.1) is 0 Å². The number of fused-ring (bicyclic) bond motifs is 10. The highest BCUT2D eigenvalue weighted by atomic mass is 16.3. The maximum Gasteiger partial charge on any atom is 0.143 e. The molecule has 2 nitrogen and oxygen atoms in total. The second-order valence-corrected chi connectivity index (χ2v) is 12.1. The molecule has 10 rings (SSSR count). The average Bonchev–Trinajstić information content (AvgIpc) is 3.69. The molecule has 0 atom stereocenters. The second kappa shape index (κ2) is 9.69. The van der Waals surface area contributed by atoms with Gasteiger partial charge >= 0.3 is 0 Å². The van der Waals surface area contributed by atoms with E-state index in [9.17, 15) is 0 Å². The topological polar surface area (TPSA) is 26.3 Å². The van der Waals surface area contributed by atoms with Crippen LogP contribution in [-0.2, 0) is 0 Å². The summed E-state index contributed by atoms with van der Waals surface area (Å²) in [6.07, 6.45) is 0. The molecule has 0 aliphatic heterocycles. The van der Waals surface area contributed by atoms with Crippen LogP contribution in [-0.4, -0.2) is 0 Å². The van der Waals surface area contributed by atoms with E-state index in [-0.39, 0.29) is 0 Å². The quantitative estimate of drug-likeness (QED) is 0.206. The number of rotatable bonds is 3. The van der Waals surface area contributed by atoms with E-state index in [1.165, 1.54) is 33.0 Å². The summed E-state index contributed by atoms with van der Waals surface area (Å²) in [7, 11) is 0. The lowest BCUT2D eigenvalue weighted by atomic mass is 9.94. The molecule has 214 valence electrons. The molecule has 46 heavy (non-hydrogen) atoms. The third-order valence-electron chi connectivity index (χ3n) is 9.46. The van der Waals surface area contributed by atoms with Crippen molar-refractivity contribution in [1.82, 2.24) is 0 Å². The predicted molar refractivity (Wildman–Crippen MR) is 192 cm³/mol. The summed E-state index contributed by atoms with van der Waals surface area (Å²) in [4.78, 5) is 0. The molecule has 2 heterocycles. The normalized spacial score (nSPS) is 11.9. The Labute approximate surface area is 264 Å². The van der Waals surface area contributed by atoms with Crippen LogP contribution >= 0.6 is 0 Å². The Morgan fingerprint density at radius 2 is 0.652 bits per heavy atom. The van der Waals surface area contributed by atoms with Crippen molar-refractivity contribution in [3.05, 3.63) is 158 Å². The molecule has 0 N–H and O–H groups in total. The van der Waals surface area contributed by atoms with Crippen LogP contribution in [0.3, 0.4) is 0 Å². The van der Waals surface area contributed by atoms with Crippen molar-refractivity contribution in [2.24, 2.45) is 0 Å². The van der Waals surface area contributed by atoms with E-state index in [1.54, 1.807) is 0 Å². The maximum atomic E-state index is 6.63. The SMILES string of the molecule is c1ccc(-c2cc3c4ccc(-c5ccc6c(c5)oc5c7ccccc7c(-c7ccccc7)cc65)cc4oc3c3ccccc23)cc1. The molecule has 0 saturated heterocycles. The van der Waals surface area contributed by atoms with Crippen LogP contribution in [0.5, 0.6) is 0 Å². The van der Waals surface area contributed by atoms with E-state index in [2.05, 4.69) is 158 Å². The molecule has 2 aromatic heterocycles. The average molecular weight is 587 g/mol. The van der Waals surface area contributed by atoms with Gasteiger partial charge in [-0.2, -0.15) is 0 Å². The van der Waals surface area contributed by atoms with Gasteiger partial charge < -0.3 is 8.83 Å². The summed E-state index contributed by atoms with van der Waals surface area (Å²) in [5, 5.41) is 9.14. The molecule has 0 unspecified atom stereocenters. The molecule has 0 aliphatic rings. The van der Waals surface area contributed by atoms with E-state index in [1.807, 2.05) is 0 Å². The highest BCUT2D eigenvalue weighted by Gasteiger charge is 2.18. The number of furan rings is 2. The number of hydrogen-bond donors (Lipinski definition) is 0. The van der Waals surface area contributed by atoms with E-state index < -0.39 is 0 Å². The number of hydrogen-bond acceptors (Lipinski definition) is 2. The summed E-state index contributed by atoms with van der Waals surface area (Å²) < 4.78 is 13.3. The Hall–Kier alpha value is -6.12. The van der Waals surface area contributed by atoms with Crippen molar-refractivity contribution in [2.45, 2.75) is 0 Å². The molecule has 0 fully saturated rings. The molecular formula is C44H26O2. The van der Waals surface area contributed by atoms with Gasteiger partial charge in [0.1, 0.15) is 22.3 Å². The molecule has 0 bridgehead atoms. The van der Waals surface area contributed by atoms with Gasteiger partial charge in [-0.25, -0.2) is 0 Å². The Balaban J connectivity index is 1.15. The van der Waals surface area contributed by atoms with Crippen LogP contribution in [0.15, 0.2) is 167 Å². The van der Waals surface area contributed by atoms with Gasteiger partial charge in [0.2, 0.25) is 0 Å². The van der Waals surface area contributed by atoms with Gasteiger partial charge in [0, 0.05) is 32.3 Å². The predicted octanol–water partition coefficient (Wildman–Crippen LogP) is 12.8. The zero-order valence-electron chi connectivity index (χ0n) is 24.8. The van der Waals surface area contributed by atoms with Crippen LogP contribution in [0.2, 0.25) is 0 Å². The van der Waals surface area contributed by atoms with Crippen LogP contribution in [0.25, 0.3) is 98.8 Å². The Morgan fingerprint density at radius 3 is 1.09 bits per heavy atom. The minimum atomic E-state index is 0.881. The molecule has 0 amide bonds. The second-order valence-electron chi connectivity index (χ2n) is 12.1. The first-order chi connectivity index (χ1) is 22.8. The van der Waals surface area contributed by atoms with E-state index in [0.29, 0.717) is 0 Å². The summed E-state index contributed by atoms with van der Waals surface area (Å²) in [5.41, 5.74) is 10.6. The van der Waals surface area contributed by atoms with E-state index in [0.717, 1.165) is 65.8 Å². The summed E-state index contributed by atoms with van der Waals surface area (Å²) in [6, 6.07) is 55.9. The van der Waals surface area contributed by atoms with Crippen molar-refractivity contribution in [3.8, 4) is 33.4 Å². The van der Waals surface area contributed by atoms with Crippen LogP contribution in [0.4, 0.5) is 0 Å². The van der Waals surface area contributed by atoms with Crippen molar-refractivity contribution >= 4 is 65.4 Å². The zero-order chi connectivity index (χ0) is 30.2. The summed E-state index contributed by atoms with van der Waals surface area (Å²) in [6.45, 7) is 0. The highest BCUT2D eigenvalue weighted by molar-refractivity contribution is 6.21. The lowest BCUT2D eigenvalue weighted by Gasteiger charge is -2.08. The van der Waals surface area contributed by atoms with Crippen molar-refractivity contribution in [1.29, 1.82) is 0 Å². The summed E-state index contributed by atoms with van der Waals surface area (Å²) in [5.74, 6) is 0. The van der Waals surface area contributed by atoms with E-state index >= 15 is 0 Å². The maximum absolute atomic E-state index is 6.63. The van der Waals surface area contributed by atoms with Crippen molar-refractivity contribution in [2.75, 3.05) is 0 Å². The first-order valence-corrected chi connectivity index (χ1v) is 15.7. The summed E-state index contributed by atoms with van der Waals surface area (Å²) >= 11 is 0. The minimum Gasteiger partial charge on any atom is -0.455 e. The largest absolute Gasteiger partial charge is 0.455 e. The van der Waals surface area contributed by atoms with Gasteiger partial charge in [0.05, 0.1) is 0 Å². The molecular weight excluding hydrogens is 560 g/mol. The lowest BCUT2D eigenvalue weighted by Crippen LogP contribution is -1.82. The number of benzene rings is 8. The fourth-order valence-electron chi connectivity index (χ4n) is 7.27. The van der Waals surface area contributed by atoms with Crippen LogP contribution < -0.4 is 0 Å². The molecule has 0 radical (unpaired) electrons. The van der Waals surface area contributed by atoms with Crippen molar-refractivity contribution in [3.63, 3.8) is 0 Å². The standard InChI is InChI=1S/C44H26O2/c1-3-11-27(12-4-1)37-25-39-33-21-19-29(23-41(33)45-43(39)35-17-9-7-15-31(35)37)30-20-22-34-40-26-38(28-13-5-2-6-14-28)32-16-8-10-18-36(32)44(40)46-42(34)24-30/h1-26H. The first kappa shape index (κ1) is 25.2. The smallest absolute Gasteiger partial charge is 0.143 e.